The molecule has 0 saturated carbocycles. The molecule has 0 radical (unpaired) electrons. The zero-order valence-electron chi connectivity index (χ0n) is 17.5. The third kappa shape index (κ3) is 4.21. The topological polar surface area (TPSA) is 112 Å². The predicted molar refractivity (Wildman–Crippen MR) is 110 cm³/mol. The summed E-state index contributed by atoms with van der Waals surface area (Å²) in [6, 6.07) is 11.8. The Morgan fingerprint density at radius 3 is 2.35 bits per heavy atom. The lowest BCUT2D eigenvalue weighted by molar-refractivity contribution is -0.284. The third-order valence-electron chi connectivity index (χ3n) is 5.76. The standard InChI is InChI=1S/C22H26O8S/c1-12-4-7-14(8-5-12)31(25,26)28-11-17-19(23)20(24)18-21(27-3)15-10-13(2)6-9-16(15)29-22(18)30-17/h4-10,17-24H,11H2,1-3H3/t17-,18+,19+,20-,21+,22+/m1/s1. The number of aliphatic hydroxyl groups excluding tert-OH is 2. The van der Waals surface area contributed by atoms with Gasteiger partial charge >= 0.3 is 0 Å². The maximum Gasteiger partial charge on any atom is 0.297 e. The van der Waals surface area contributed by atoms with Gasteiger partial charge in [0, 0.05) is 12.7 Å². The minimum absolute atomic E-state index is 0.000477. The average Bonchev–Trinajstić information content (AvgIpc) is 2.74. The second-order valence-electron chi connectivity index (χ2n) is 7.97. The van der Waals surface area contributed by atoms with Crippen molar-refractivity contribution in [1.29, 1.82) is 0 Å². The number of hydrogen-bond acceptors (Lipinski definition) is 8. The highest BCUT2D eigenvalue weighted by Crippen LogP contribution is 2.46. The number of aliphatic hydroxyl groups is 2. The van der Waals surface area contributed by atoms with Gasteiger partial charge in [0.15, 0.2) is 0 Å². The second kappa shape index (κ2) is 8.50. The third-order valence-corrected chi connectivity index (χ3v) is 7.06. The van der Waals surface area contributed by atoms with Crippen LogP contribution in [0.25, 0.3) is 0 Å². The van der Waals surface area contributed by atoms with E-state index in [9.17, 15) is 18.6 Å². The van der Waals surface area contributed by atoms with Crippen molar-refractivity contribution in [1.82, 2.24) is 0 Å². The Kier molecular flexibility index (Phi) is 6.08. The highest BCUT2D eigenvalue weighted by molar-refractivity contribution is 7.86. The van der Waals surface area contributed by atoms with Gasteiger partial charge in [-0.3, -0.25) is 4.18 Å². The lowest BCUT2D eigenvalue weighted by Gasteiger charge is -2.47. The first kappa shape index (κ1) is 22.2. The molecule has 0 spiro atoms. The van der Waals surface area contributed by atoms with Crippen molar-refractivity contribution in [3.05, 3.63) is 59.2 Å². The number of benzene rings is 2. The lowest BCUT2D eigenvalue weighted by atomic mass is 9.81. The van der Waals surface area contributed by atoms with E-state index in [2.05, 4.69) is 0 Å². The molecule has 0 bridgehead atoms. The largest absolute Gasteiger partial charge is 0.464 e. The number of fused-ring (bicyclic) bond motifs is 2. The van der Waals surface area contributed by atoms with Crippen LogP contribution < -0.4 is 4.74 Å². The van der Waals surface area contributed by atoms with E-state index in [1.165, 1.54) is 19.2 Å². The van der Waals surface area contributed by atoms with E-state index >= 15 is 0 Å². The van der Waals surface area contributed by atoms with Gasteiger partial charge in [0.2, 0.25) is 6.29 Å². The number of ether oxygens (including phenoxy) is 3. The Hall–Kier alpha value is -2.01. The number of rotatable bonds is 5. The first-order valence-electron chi connectivity index (χ1n) is 9.99. The molecule has 0 aliphatic carbocycles. The zero-order chi connectivity index (χ0) is 22.3. The van der Waals surface area contributed by atoms with Crippen molar-refractivity contribution in [3.8, 4) is 5.75 Å². The fourth-order valence-electron chi connectivity index (χ4n) is 4.06. The second-order valence-corrected chi connectivity index (χ2v) is 9.58. The minimum atomic E-state index is -4.05. The molecular formula is C22H26O8S. The zero-order valence-corrected chi connectivity index (χ0v) is 18.3. The first-order chi connectivity index (χ1) is 14.7. The molecule has 8 nitrogen and oxygen atoms in total. The molecule has 6 atom stereocenters. The summed E-state index contributed by atoms with van der Waals surface area (Å²) >= 11 is 0. The SMILES string of the molecule is CO[C@H]1c2cc(C)ccc2O[C@H]2O[C@H](COS(=O)(=O)c3ccc(C)cc3)[C@H](O)[C@H](O)[C@H]21. The van der Waals surface area contributed by atoms with Crippen molar-refractivity contribution in [2.75, 3.05) is 13.7 Å². The summed E-state index contributed by atoms with van der Waals surface area (Å²) in [5.41, 5.74) is 2.68. The van der Waals surface area contributed by atoms with Gasteiger partial charge in [-0.2, -0.15) is 8.42 Å². The van der Waals surface area contributed by atoms with Crippen molar-refractivity contribution >= 4 is 10.1 Å². The van der Waals surface area contributed by atoms with Gasteiger partial charge in [-0.1, -0.05) is 29.3 Å². The van der Waals surface area contributed by atoms with Gasteiger partial charge in [0.05, 0.1) is 29.6 Å². The van der Waals surface area contributed by atoms with E-state index in [1.54, 1.807) is 18.2 Å². The summed E-state index contributed by atoms with van der Waals surface area (Å²) in [7, 11) is -2.54. The quantitative estimate of drug-likeness (QED) is 0.664. The van der Waals surface area contributed by atoms with Crippen LogP contribution in [0.15, 0.2) is 47.4 Å². The van der Waals surface area contributed by atoms with Gasteiger partial charge in [-0.05, 0) is 38.1 Å². The Morgan fingerprint density at radius 2 is 1.68 bits per heavy atom. The summed E-state index contributed by atoms with van der Waals surface area (Å²) in [6.07, 6.45) is -5.26. The maximum atomic E-state index is 12.5. The summed E-state index contributed by atoms with van der Waals surface area (Å²) in [6.45, 7) is 3.31. The molecule has 2 N–H and O–H groups in total. The fourth-order valence-corrected chi connectivity index (χ4v) is 4.98. The van der Waals surface area contributed by atoms with Crippen molar-refractivity contribution in [2.45, 2.75) is 49.4 Å². The molecule has 31 heavy (non-hydrogen) atoms. The van der Waals surface area contributed by atoms with Crippen molar-refractivity contribution in [3.63, 3.8) is 0 Å². The van der Waals surface area contributed by atoms with Crippen LogP contribution in [0.3, 0.4) is 0 Å². The van der Waals surface area contributed by atoms with Crippen LogP contribution in [0.1, 0.15) is 22.8 Å². The summed E-state index contributed by atoms with van der Waals surface area (Å²) < 4.78 is 47.5. The van der Waals surface area contributed by atoms with E-state index in [-0.39, 0.29) is 4.90 Å². The molecule has 2 aromatic rings. The van der Waals surface area contributed by atoms with Gasteiger partial charge in [0.25, 0.3) is 10.1 Å². The van der Waals surface area contributed by atoms with Crippen LogP contribution in [0.2, 0.25) is 0 Å². The lowest BCUT2D eigenvalue weighted by Crippen LogP contribution is -2.60. The molecule has 1 saturated heterocycles. The van der Waals surface area contributed by atoms with Crippen molar-refractivity contribution < 1.29 is 37.0 Å². The van der Waals surface area contributed by atoms with E-state index in [4.69, 9.17) is 18.4 Å². The Labute approximate surface area is 181 Å². The van der Waals surface area contributed by atoms with Crippen molar-refractivity contribution in [2.24, 2.45) is 5.92 Å². The highest BCUT2D eigenvalue weighted by atomic mass is 32.2. The van der Waals surface area contributed by atoms with Crippen LogP contribution in [0.4, 0.5) is 0 Å². The fraction of sp³-hybridized carbons (Fsp3) is 0.455. The Bertz CT molecular complexity index is 1040. The van der Waals surface area contributed by atoms with Gasteiger partial charge in [-0.15, -0.1) is 0 Å². The highest BCUT2D eigenvalue weighted by Gasteiger charge is 2.52. The molecule has 2 aromatic carbocycles. The summed E-state index contributed by atoms with van der Waals surface area (Å²) in [5.74, 6) is -0.145. The molecule has 1 fully saturated rings. The molecular weight excluding hydrogens is 424 g/mol. The van der Waals surface area contributed by atoms with Gasteiger partial charge in [-0.25, -0.2) is 0 Å². The number of hydrogen-bond donors (Lipinski definition) is 2. The minimum Gasteiger partial charge on any atom is -0.464 e. The van der Waals surface area contributed by atoms with Crippen LogP contribution in [-0.4, -0.2) is 56.9 Å². The van der Waals surface area contributed by atoms with Gasteiger partial charge in [0.1, 0.15) is 18.0 Å². The van der Waals surface area contributed by atoms with Crippen LogP contribution >= 0.6 is 0 Å². The molecule has 9 heteroatoms. The molecule has 0 aromatic heterocycles. The monoisotopic (exact) mass is 450 g/mol. The smallest absolute Gasteiger partial charge is 0.297 e. The Morgan fingerprint density at radius 1 is 1.00 bits per heavy atom. The molecule has 2 aliphatic rings. The van der Waals surface area contributed by atoms with Gasteiger partial charge < -0.3 is 24.4 Å². The van der Waals surface area contributed by atoms with Crippen LogP contribution in [-0.2, 0) is 23.8 Å². The summed E-state index contributed by atoms with van der Waals surface area (Å²) in [4.78, 5) is -0.000477. The molecule has 2 aliphatic heterocycles. The maximum absolute atomic E-state index is 12.5. The summed E-state index contributed by atoms with van der Waals surface area (Å²) in [5, 5.41) is 21.5. The average molecular weight is 451 g/mol. The molecule has 0 unspecified atom stereocenters. The van der Waals surface area contributed by atoms with E-state index in [0.29, 0.717) is 5.75 Å². The normalized spacial score (nSPS) is 30.2. The van der Waals surface area contributed by atoms with E-state index in [0.717, 1.165) is 16.7 Å². The van der Waals surface area contributed by atoms with Crippen LogP contribution in [0, 0.1) is 19.8 Å². The number of methoxy groups -OCH3 is 1. The van der Waals surface area contributed by atoms with E-state index < -0.39 is 53.3 Å². The van der Waals surface area contributed by atoms with Crippen LogP contribution in [0.5, 0.6) is 5.75 Å². The predicted octanol–water partition coefficient (Wildman–Crippen LogP) is 1.85. The molecule has 168 valence electrons. The molecule has 2 heterocycles. The van der Waals surface area contributed by atoms with E-state index in [1.807, 2.05) is 26.0 Å². The first-order valence-corrected chi connectivity index (χ1v) is 11.4. The Balaban J connectivity index is 1.53. The molecule has 4 rings (SSSR count). The molecule has 0 amide bonds. The number of aryl methyl sites for hydroxylation is 2.